The number of aromatic amines is 1. The van der Waals surface area contributed by atoms with Gasteiger partial charge in [0, 0.05) is 11.2 Å². The monoisotopic (exact) mass is 298 g/mol. The second-order valence-corrected chi connectivity index (χ2v) is 6.52. The third-order valence-corrected chi connectivity index (χ3v) is 5.31. The number of hydrogen-bond donors (Lipinski definition) is 1. The molecule has 0 amide bonds. The smallest absolute Gasteiger partial charge is 0.141 e. The van der Waals surface area contributed by atoms with Crippen molar-refractivity contribution in [2.45, 2.75) is 31.8 Å². The van der Waals surface area contributed by atoms with Crippen molar-refractivity contribution in [1.82, 2.24) is 20.1 Å². The highest BCUT2D eigenvalue weighted by atomic mass is 32.1. The van der Waals surface area contributed by atoms with Crippen molar-refractivity contribution < 1.29 is 0 Å². The van der Waals surface area contributed by atoms with E-state index in [4.69, 9.17) is 0 Å². The Morgan fingerprint density at radius 1 is 1.29 bits per heavy atom. The number of nitrogens with zero attached hydrogens (tertiary/aromatic N) is 3. The van der Waals surface area contributed by atoms with Crippen molar-refractivity contribution >= 4 is 21.4 Å². The van der Waals surface area contributed by atoms with Crippen LogP contribution in [0.5, 0.6) is 0 Å². The van der Waals surface area contributed by atoms with E-state index < -0.39 is 0 Å². The summed E-state index contributed by atoms with van der Waals surface area (Å²) < 4.78 is 1.38. The number of likely N-dealkylation sites (tertiary alicyclic amines) is 1. The van der Waals surface area contributed by atoms with Crippen molar-refractivity contribution in [3.05, 3.63) is 47.4 Å². The van der Waals surface area contributed by atoms with Gasteiger partial charge in [-0.3, -0.25) is 10.00 Å². The molecule has 1 saturated heterocycles. The molecule has 4 rings (SSSR count). The highest BCUT2D eigenvalue weighted by Crippen LogP contribution is 2.33. The molecule has 0 radical (unpaired) electrons. The lowest BCUT2D eigenvalue weighted by molar-refractivity contribution is 0.134. The predicted molar refractivity (Wildman–Crippen MR) is 85.2 cm³/mol. The highest BCUT2D eigenvalue weighted by molar-refractivity contribution is 7.17. The summed E-state index contributed by atoms with van der Waals surface area (Å²) in [5, 5.41) is 10.8. The molecule has 1 fully saturated rings. The zero-order chi connectivity index (χ0) is 14.1. The third kappa shape index (κ3) is 2.47. The van der Waals surface area contributed by atoms with Crippen LogP contribution in [0.15, 0.2) is 36.0 Å². The minimum atomic E-state index is 0.375. The Morgan fingerprint density at radius 3 is 3.14 bits per heavy atom. The SMILES string of the molecule is c1ccc2c(CN3CCCCC3c3ncn[nH]3)csc2c1. The number of thiophene rings is 1. The summed E-state index contributed by atoms with van der Waals surface area (Å²) in [6, 6.07) is 9.05. The van der Waals surface area contributed by atoms with Crippen molar-refractivity contribution in [3.8, 4) is 0 Å². The van der Waals surface area contributed by atoms with Gasteiger partial charge in [-0.05, 0) is 41.8 Å². The number of rotatable bonds is 3. The van der Waals surface area contributed by atoms with Crippen LogP contribution in [0.1, 0.15) is 36.7 Å². The van der Waals surface area contributed by atoms with Crippen molar-refractivity contribution in [2.75, 3.05) is 6.54 Å². The average molecular weight is 298 g/mol. The van der Waals surface area contributed by atoms with Gasteiger partial charge >= 0.3 is 0 Å². The molecule has 5 heteroatoms. The fourth-order valence-corrected chi connectivity index (χ4v) is 4.19. The Hall–Kier alpha value is -1.72. The normalized spacial score (nSPS) is 20.1. The molecule has 108 valence electrons. The number of aromatic nitrogens is 3. The van der Waals surface area contributed by atoms with E-state index in [1.165, 1.54) is 28.5 Å². The van der Waals surface area contributed by atoms with Gasteiger partial charge < -0.3 is 0 Å². The molecule has 1 aliphatic rings. The number of hydrogen-bond acceptors (Lipinski definition) is 4. The molecule has 1 N–H and O–H groups in total. The van der Waals surface area contributed by atoms with Gasteiger partial charge in [0.05, 0.1) is 6.04 Å². The van der Waals surface area contributed by atoms with Gasteiger partial charge in [-0.15, -0.1) is 11.3 Å². The van der Waals surface area contributed by atoms with Crippen LogP contribution < -0.4 is 0 Å². The molecule has 0 saturated carbocycles. The molecule has 1 aliphatic heterocycles. The van der Waals surface area contributed by atoms with Crippen LogP contribution in [-0.2, 0) is 6.54 Å². The molecular weight excluding hydrogens is 280 g/mol. The largest absolute Gasteiger partial charge is 0.289 e. The Morgan fingerprint density at radius 2 is 2.24 bits per heavy atom. The molecule has 2 aromatic heterocycles. The van der Waals surface area contributed by atoms with E-state index in [0.29, 0.717) is 6.04 Å². The molecule has 3 aromatic rings. The van der Waals surface area contributed by atoms with Gasteiger partial charge in [0.15, 0.2) is 0 Å². The highest BCUT2D eigenvalue weighted by Gasteiger charge is 2.26. The van der Waals surface area contributed by atoms with E-state index in [2.05, 4.69) is 49.7 Å². The summed E-state index contributed by atoms with van der Waals surface area (Å²) in [4.78, 5) is 6.92. The fourth-order valence-electron chi connectivity index (χ4n) is 3.24. The quantitative estimate of drug-likeness (QED) is 0.801. The lowest BCUT2D eigenvalue weighted by Crippen LogP contribution is -2.33. The second-order valence-electron chi connectivity index (χ2n) is 5.61. The number of piperidine rings is 1. The van der Waals surface area contributed by atoms with Crippen LogP contribution in [0.3, 0.4) is 0 Å². The Kier molecular flexibility index (Phi) is 3.45. The van der Waals surface area contributed by atoms with Crippen LogP contribution in [0.4, 0.5) is 0 Å². The van der Waals surface area contributed by atoms with Gasteiger partial charge in [0.1, 0.15) is 12.2 Å². The Labute approximate surface area is 127 Å². The summed E-state index contributed by atoms with van der Waals surface area (Å²) in [7, 11) is 0. The zero-order valence-electron chi connectivity index (χ0n) is 11.8. The van der Waals surface area contributed by atoms with Crippen molar-refractivity contribution in [3.63, 3.8) is 0 Å². The van der Waals surface area contributed by atoms with Crippen molar-refractivity contribution in [2.24, 2.45) is 0 Å². The first-order valence-electron chi connectivity index (χ1n) is 7.46. The average Bonchev–Trinajstić information content (AvgIpc) is 3.18. The number of fused-ring (bicyclic) bond motifs is 1. The summed E-state index contributed by atoms with van der Waals surface area (Å²) in [6.07, 6.45) is 5.32. The summed E-state index contributed by atoms with van der Waals surface area (Å²) >= 11 is 1.84. The van der Waals surface area contributed by atoms with Gasteiger partial charge in [-0.25, -0.2) is 4.98 Å². The van der Waals surface area contributed by atoms with Crippen LogP contribution in [0.25, 0.3) is 10.1 Å². The summed E-state index contributed by atoms with van der Waals surface area (Å²) in [5.74, 6) is 1.01. The lowest BCUT2D eigenvalue weighted by atomic mass is 10.0. The van der Waals surface area contributed by atoms with Crippen LogP contribution >= 0.6 is 11.3 Å². The standard InChI is InChI=1S/C16H18N4S/c1-2-7-15-13(5-1)12(10-21-15)9-20-8-4-3-6-14(20)16-17-11-18-19-16/h1-2,5,7,10-11,14H,3-4,6,8-9H2,(H,17,18,19). The lowest BCUT2D eigenvalue weighted by Gasteiger charge is -2.34. The molecule has 0 bridgehead atoms. The first-order valence-corrected chi connectivity index (χ1v) is 8.34. The van der Waals surface area contributed by atoms with E-state index in [1.807, 2.05) is 11.3 Å². The van der Waals surface area contributed by atoms with Crippen molar-refractivity contribution in [1.29, 1.82) is 0 Å². The molecule has 1 unspecified atom stereocenters. The van der Waals surface area contributed by atoms with Crippen LogP contribution in [0, 0.1) is 0 Å². The maximum atomic E-state index is 4.38. The molecule has 1 atom stereocenters. The number of benzene rings is 1. The minimum Gasteiger partial charge on any atom is -0.289 e. The maximum absolute atomic E-state index is 4.38. The van der Waals surface area contributed by atoms with E-state index in [0.717, 1.165) is 25.3 Å². The van der Waals surface area contributed by atoms with E-state index in [1.54, 1.807) is 6.33 Å². The fraction of sp³-hybridized carbons (Fsp3) is 0.375. The van der Waals surface area contributed by atoms with Crippen LogP contribution in [0.2, 0.25) is 0 Å². The van der Waals surface area contributed by atoms with E-state index >= 15 is 0 Å². The number of nitrogens with one attached hydrogen (secondary N) is 1. The number of H-pyrrole nitrogens is 1. The topological polar surface area (TPSA) is 44.8 Å². The molecule has 4 nitrogen and oxygen atoms in total. The predicted octanol–water partition coefficient (Wildman–Crippen LogP) is 3.75. The molecule has 0 aliphatic carbocycles. The molecule has 21 heavy (non-hydrogen) atoms. The summed E-state index contributed by atoms with van der Waals surface area (Å²) in [5.41, 5.74) is 1.43. The van der Waals surface area contributed by atoms with E-state index in [9.17, 15) is 0 Å². The third-order valence-electron chi connectivity index (χ3n) is 4.30. The Balaban J connectivity index is 1.62. The second kappa shape index (κ2) is 5.58. The van der Waals surface area contributed by atoms with Gasteiger partial charge in [0.25, 0.3) is 0 Å². The molecule has 0 spiro atoms. The summed E-state index contributed by atoms with van der Waals surface area (Å²) in [6.45, 7) is 2.13. The first kappa shape index (κ1) is 13.0. The van der Waals surface area contributed by atoms with Crippen LogP contribution in [-0.4, -0.2) is 26.6 Å². The molecular formula is C16H18N4S. The van der Waals surface area contributed by atoms with Gasteiger partial charge in [0.2, 0.25) is 0 Å². The van der Waals surface area contributed by atoms with Gasteiger partial charge in [-0.2, -0.15) is 5.10 Å². The maximum Gasteiger partial charge on any atom is 0.141 e. The minimum absolute atomic E-state index is 0.375. The first-order chi connectivity index (χ1) is 10.4. The molecule has 1 aromatic carbocycles. The molecule has 3 heterocycles. The zero-order valence-corrected chi connectivity index (χ0v) is 12.6. The Bertz CT molecular complexity index is 719. The van der Waals surface area contributed by atoms with Gasteiger partial charge in [-0.1, -0.05) is 24.6 Å². The van der Waals surface area contributed by atoms with E-state index in [-0.39, 0.29) is 0 Å².